The fraction of sp³-hybridized carbons (Fsp3) is 0.429. The average molecular weight is 265 g/mol. The largest absolute Gasteiger partial charge is 0.387 e. The highest BCUT2D eigenvalue weighted by Crippen LogP contribution is 2.27. The molecule has 0 bridgehead atoms. The van der Waals surface area contributed by atoms with E-state index in [1.165, 1.54) is 24.3 Å². The first-order valence-electron chi connectivity index (χ1n) is 6.20. The molecular formula is C14H16FNO3. The Bertz CT molecular complexity index is 480. The van der Waals surface area contributed by atoms with Crippen LogP contribution < -0.4 is 0 Å². The number of halogens is 1. The molecule has 1 saturated heterocycles. The maximum atomic E-state index is 12.8. The number of nitrogens with zero attached hydrogens (tertiary/aromatic N) is 1. The van der Waals surface area contributed by atoms with Gasteiger partial charge in [-0.2, -0.15) is 0 Å². The molecule has 3 unspecified atom stereocenters. The van der Waals surface area contributed by atoms with Crippen LogP contribution >= 0.6 is 0 Å². The van der Waals surface area contributed by atoms with Gasteiger partial charge >= 0.3 is 0 Å². The van der Waals surface area contributed by atoms with Gasteiger partial charge in [-0.3, -0.25) is 14.5 Å². The van der Waals surface area contributed by atoms with Crippen molar-refractivity contribution in [3.63, 3.8) is 0 Å². The molecule has 1 aliphatic rings. The predicted molar refractivity (Wildman–Crippen MR) is 66.4 cm³/mol. The van der Waals surface area contributed by atoms with E-state index in [0.29, 0.717) is 5.56 Å². The Balaban J connectivity index is 2.11. The first kappa shape index (κ1) is 13.7. The van der Waals surface area contributed by atoms with Gasteiger partial charge in [0.15, 0.2) is 0 Å². The van der Waals surface area contributed by atoms with E-state index in [1.807, 2.05) is 0 Å². The minimum atomic E-state index is -0.994. The molecule has 0 aliphatic carbocycles. The van der Waals surface area contributed by atoms with Crippen molar-refractivity contribution in [1.82, 2.24) is 4.90 Å². The summed E-state index contributed by atoms with van der Waals surface area (Å²) < 4.78 is 12.8. The third kappa shape index (κ3) is 2.51. The normalized spacial score (nSPS) is 24.9. The highest BCUT2D eigenvalue weighted by atomic mass is 19.1. The van der Waals surface area contributed by atoms with Crippen molar-refractivity contribution in [3.05, 3.63) is 35.6 Å². The van der Waals surface area contributed by atoms with Gasteiger partial charge in [-0.1, -0.05) is 26.0 Å². The number of carbonyl (C=O) groups excluding carboxylic acids is 2. The number of hydrogen-bond donors (Lipinski definition) is 1. The second-order valence-corrected chi connectivity index (χ2v) is 4.93. The summed E-state index contributed by atoms with van der Waals surface area (Å²) in [6, 6.07) is 5.35. The van der Waals surface area contributed by atoms with E-state index >= 15 is 0 Å². The molecule has 2 rings (SSSR count). The summed E-state index contributed by atoms with van der Waals surface area (Å²) in [5.74, 6) is -1.63. The summed E-state index contributed by atoms with van der Waals surface area (Å²) >= 11 is 0. The molecule has 1 heterocycles. The van der Waals surface area contributed by atoms with Gasteiger partial charge in [0.2, 0.25) is 11.8 Å². The fourth-order valence-corrected chi connectivity index (χ4v) is 2.17. The lowest BCUT2D eigenvalue weighted by Crippen LogP contribution is -2.34. The van der Waals surface area contributed by atoms with Crippen molar-refractivity contribution in [3.8, 4) is 0 Å². The predicted octanol–water partition coefficient (Wildman–Crippen LogP) is 1.50. The van der Waals surface area contributed by atoms with E-state index in [-0.39, 0.29) is 30.2 Å². The maximum Gasteiger partial charge on any atom is 0.232 e. The van der Waals surface area contributed by atoms with Crippen LogP contribution in [0.15, 0.2) is 24.3 Å². The summed E-state index contributed by atoms with van der Waals surface area (Å²) in [5.41, 5.74) is 0.481. The maximum absolute atomic E-state index is 12.8. The quantitative estimate of drug-likeness (QED) is 0.843. The summed E-state index contributed by atoms with van der Waals surface area (Å²) in [4.78, 5) is 24.8. The van der Waals surface area contributed by atoms with Crippen LogP contribution in [0, 0.1) is 17.7 Å². The number of amides is 2. The summed E-state index contributed by atoms with van der Waals surface area (Å²) in [6.45, 7) is 3.32. The van der Waals surface area contributed by atoms with Crippen LogP contribution in [0.4, 0.5) is 4.39 Å². The summed E-state index contributed by atoms with van der Waals surface area (Å²) in [6.07, 6.45) is -0.994. The second-order valence-electron chi connectivity index (χ2n) is 4.93. The minimum Gasteiger partial charge on any atom is -0.387 e. The highest BCUT2D eigenvalue weighted by molar-refractivity contribution is 6.04. The first-order chi connectivity index (χ1) is 8.91. The van der Waals surface area contributed by atoms with Crippen molar-refractivity contribution in [1.29, 1.82) is 0 Å². The van der Waals surface area contributed by atoms with Crippen LogP contribution in [0.5, 0.6) is 0 Å². The lowest BCUT2D eigenvalue weighted by Gasteiger charge is -2.19. The molecule has 1 aliphatic heterocycles. The number of aliphatic hydroxyl groups excluding tert-OH is 1. The van der Waals surface area contributed by atoms with Crippen LogP contribution in [0.2, 0.25) is 0 Å². The number of likely N-dealkylation sites (tertiary alicyclic amines) is 1. The molecule has 5 heteroatoms. The topological polar surface area (TPSA) is 57.6 Å². The van der Waals surface area contributed by atoms with E-state index in [0.717, 1.165) is 4.90 Å². The zero-order valence-corrected chi connectivity index (χ0v) is 10.8. The molecule has 3 atom stereocenters. The van der Waals surface area contributed by atoms with Crippen LogP contribution in [-0.4, -0.2) is 28.4 Å². The number of carbonyl (C=O) groups is 2. The molecule has 2 amide bonds. The second kappa shape index (κ2) is 5.09. The molecule has 19 heavy (non-hydrogen) atoms. The third-order valence-corrected chi connectivity index (χ3v) is 3.67. The molecule has 0 saturated carbocycles. The molecule has 4 nitrogen and oxygen atoms in total. The van der Waals surface area contributed by atoms with Gasteiger partial charge in [0.05, 0.1) is 12.6 Å². The van der Waals surface area contributed by atoms with E-state index in [1.54, 1.807) is 13.8 Å². The van der Waals surface area contributed by atoms with Gasteiger partial charge in [-0.25, -0.2) is 4.39 Å². The fourth-order valence-electron chi connectivity index (χ4n) is 2.17. The average Bonchev–Trinajstić information content (AvgIpc) is 2.57. The Morgan fingerprint density at radius 1 is 1.16 bits per heavy atom. The van der Waals surface area contributed by atoms with Crippen LogP contribution in [-0.2, 0) is 9.59 Å². The number of imide groups is 1. The van der Waals surface area contributed by atoms with Crippen molar-refractivity contribution >= 4 is 11.8 Å². The van der Waals surface area contributed by atoms with Gasteiger partial charge in [0, 0.05) is 11.8 Å². The number of hydrogen-bond acceptors (Lipinski definition) is 3. The molecule has 1 aromatic carbocycles. The van der Waals surface area contributed by atoms with Gasteiger partial charge < -0.3 is 5.11 Å². The minimum absolute atomic E-state index is 0.0853. The first-order valence-corrected chi connectivity index (χ1v) is 6.20. The number of aliphatic hydroxyl groups is 1. The van der Waals surface area contributed by atoms with E-state index in [2.05, 4.69) is 0 Å². The van der Waals surface area contributed by atoms with E-state index in [9.17, 15) is 19.1 Å². The Morgan fingerprint density at radius 2 is 1.63 bits per heavy atom. The molecule has 102 valence electrons. The Labute approximate surface area is 110 Å². The Hall–Kier alpha value is -1.75. The molecule has 1 aromatic rings. The van der Waals surface area contributed by atoms with Gasteiger partial charge in [0.25, 0.3) is 0 Å². The Kier molecular flexibility index (Phi) is 3.66. The molecular weight excluding hydrogens is 249 g/mol. The van der Waals surface area contributed by atoms with E-state index < -0.39 is 11.9 Å². The smallest absolute Gasteiger partial charge is 0.232 e. The molecule has 0 aromatic heterocycles. The standard InChI is InChI=1S/C14H16FNO3/c1-8-9(2)14(19)16(13(8)18)7-12(17)10-3-5-11(15)6-4-10/h3-6,8-9,12,17H,7H2,1-2H3. The molecule has 0 spiro atoms. The number of benzene rings is 1. The van der Waals surface area contributed by atoms with E-state index in [4.69, 9.17) is 0 Å². The highest BCUT2D eigenvalue weighted by Gasteiger charge is 2.42. The molecule has 0 radical (unpaired) electrons. The summed E-state index contributed by atoms with van der Waals surface area (Å²) in [5, 5.41) is 10.0. The lowest BCUT2D eigenvalue weighted by atomic mass is 10.00. The number of β-amino-alcohol motifs (C(OH)–C–C–N with tert-alkyl or cyclic N) is 1. The zero-order chi connectivity index (χ0) is 14.2. The van der Waals surface area contributed by atoms with Crippen molar-refractivity contribution in [2.45, 2.75) is 20.0 Å². The van der Waals surface area contributed by atoms with Crippen LogP contribution in [0.25, 0.3) is 0 Å². The van der Waals surface area contributed by atoms with Crippen molar-refractivity contribution < 1.29 is 19.1 Å². The van der Waals surface area contributed by atoms with Gasteiger partial charge in [-0.15, -0.1) is 0 Å². The van der Waals surface area contributed by atoms with Crippen LogP contribution in [0.3, 0.4) is 0 Å². The summed E-state index contributed by atoms with van der Waals surface area (Å²) in [7, 11) is 0. The number of rotatable bonds is 3. The molecule has 1 fully saturated rings. The molecule has 1 N–H and O–H groups in total. The third-order valence-electron chi connectivity index (χ3n) is 3.67. The monoisotopic (exact) mass is 265 g/mol. The van der Waals surface area contributed by atoms with Crippen molar-refractivity contribution in [2.75, 3.05) is 6.54 Å². The Morgan fingerprint density at radius 3 is 2.11 bits per heavy atom. The SMILES string of the molecule is CC1C(=O)N(CC(O)c2ccc(F)cc2)C(=O)C1C. The van der Waals surface area contributed by atoms with Crippen molar-refractivity contribution in [2.24, 2.45) is 11.8 Å². The van der Waals surface area contributed by atoms with Gasteiger partial charge in [-0.05, 0) is 17.7 Å². The van der Waals surface area contributed by atoms with Gasteiger partial charge in [0.1, 0.15) is 5.82 Å². The zero-order valence-electron chi connectivity index (χ0n) is 10.8. The lowest BCUT2D eigenvalue weighted by molar-refractivity contribution is -0.141. The van der Waals surface area contributed by atoms with Crippen LogP contribution in [0.1, 0.15) is 25.5 Å².